The smallest absolute Gasteiger partial charge is 0.314 e. The standard InChI is InChI=1S/C17H20N6O/c24-17(20-10-13-22-12-9-18-14-22)19-8-6-15-7-11-23(21-15)16-4-2-1-3-5-16/h1-5,7,9,11-12,14H,6,8,10,13H2,(H2,19,20,24). The number of benzene rings is 1. The molecule has 24 heavy (non-hydrogen) atoms. The Bertz CT molecular complexity index is 751. The maximum absolute atomic E-state index is 11.7. The molecular weight excluding hydrogens is 304 g/mol. The minimum Gasteiger partial charge on any atom is -0.338 e. The van der Waals surface area contributed by atoms with Crippen LogP contribution in [0.15, 0.2) is 61.3 Å². The van der Waals surface area contributed by atoms with Gasteiger partial charge in [-0.25, -0.2) is 14.5 Å². The van der Waals surface area contributed by atoms with Crippen molar-refractivity contribution in [3.8, 4) is 5.69 Å². The molecule has 2 aromatic heterocycles. The predicted octanol–water partition coefficient (Wildman–Crippen LogP) is 1.61. The van der Waals surface area contributed by atoms with Gasteiger partial charge >= 0.3 is 6.03 Å². The lowest BCUT2D eigenvalue weighted by molar-refractivity contribution is 0.240. The van der Waals surface area contributed by atoms with E-state index in [2.05, 4.69) is 20.7 Å². The Morgan fingerprint density at radius 3 is 2.67 bits per heavy atom. The van der Waals surface area contributed by atoms with E-state index in [1.807, 2.05) is 58.0 Å². The highest BCUT2D eigenvalue weighted by molar-refractivity contribution is 5.73. The Kier molecular flexibility index (Phi) is 5.24. The normalized spacial score (nSPS) is 10.5. The third kappa shape index (κ3) is 4.45. The van der Waals surface area contributed by atoms with Gasteiger partial charge in [0.25, 0.3) is 0 Å². The summed E-state index contributed by atoms with van der Waals surface area (Å²) in [6.07, 6.45) is 7.92. The molecule has 0 fully saturated rings. The van der Waals surface area contributed by atoms with Gasteiger partial charge in [-0.3, -0.25) is 0 Å². The van der Waals surface area contributed by atoms with Gasteiger partial charge < -0.3 is 15.2 Å². The van der Waals surface area contributed by atoms with E-state index in [1.54, 1.807) is 12.5 Å². The van der Waals surface area contributed by atoms with Gasteiger partial charge in [0, 0.05) is 44.6 Å². The topological polar surface area (TPSA) is 76.8 Å². The van der Waals surface area contributed by atoms with E-state index in [0.717, 1.165) is 11.4 Å². The lowest BCUT2D eigenvalue weighted by Crippen LogP contribution is -2.38. The Labute approximate surface area is 140 Å². The third-order valence-corrected chi connectivity index (χ3v) is 3.55. The molecule has 0 atom stereocenters. The highest BCUT2D eigenvalue weighted by Crippen LogP contribution is 2.06. The summed E-state index contributed by atoms with van der Waals surface area (Å²) in [4.78, 5) is 15.7. The van der Waals surface area contributed by atoms with Crippen LogP contribution in [-0.2, 0) is 13.0 Å². The molecule has 0 radical (unpaired) electrons. The molecule has 2 heterocycles. The average Bonchev–Trinajstić information content (AvgIpc) is 3.28. The number of hydrogen-bond donors (Lipinski definition) is 2. The van der Waals surface area contributed by atoms with Gasteiger partial charge in [0.2, 0.25) is 0 Å². The fourth-order valence-corrected chi connectivity index (χ4v) is 2.30. The summed E-state index contributed by atoms with van der Waals surface area (Å²) in [5.41, 5.74) is 1.96. The molecule has 0 bridgehead atoms. The number of rotatable bonds is 7. The summed E-state index contributed by atoms with van der Waals surface area (Å²) >= 11 is 0. The fourth-order valence-electron chi connectivity index (χ4n) is 2.30. The van der Waals surface area contributed by atoms with Crippen LogP contribution in [0, 0.1) is 0 Å². The fraction of sp³-hybridized carbons (Fsp3) is 0.235. The molecule has 0 aliphatic heterocycles. The Morgan fingerprint density at radius 1 is 1.04 bits per heavy atom. The monoisotopic (exact) mass is 324 g/mol. The van der Waals surface area contributed by atoms with Crippen molar-refractivity contribution in [2.75, 3.05) is 13.1 Å². The van der Waals surface area contributed by atoms with Crippen LogP contribution in [0.25, 0.3) is 5.69 Å². The number of nitrogens with one attached hydrogen (secondary N) is 2. The molecule has 0 aliphatic rings. The second-order valence-electron chi connectivity index (χ2n) is 5.32. The van der Waals surface area contributed by atoms with E-state index in [0.29, 0.717) is 26.1 Å². The van der Waals surface area contributed by atoms with Gasteiger partial charge in [0.1, 0.15) is 0 Å². The summed E-state index contributed by atoms with van der Waals surface area (Å²) in [6, 6.07) is 11.7. The number of carbonyl (C=O) groups excluding carboxylic acids is 1. The second kappa shape index (κ2) is 7.96. The van der Waals surface area contributed by atoms with Crippen LogP contribution in [0.1, 0.15) is 5.69 Å². The molecule has 7 nitrogen and oxygen atoms in total. The van der Waals surface area contributed by atoms with E-state index in [-0.39, 0.29) is 6.03 Å². The number of urea groups is 1. The van der Waals surface area contributed by atoms with E-state index < -0.39 is 0 Å². The molecule has 2 N–H and O–H groups in total. The third-order valence-electron chi connectivity index (χ3n) is 3.55. The van der Waals surface area contributed by atoms with Crippen molar-refractivity contribution in [2.24, 2.45) is 0 Å². The van der Waals surface area contributed by atoms with Crippen molar-refractivity contribution in [3.05, 3.63) is 67.0 Å². The first-order chi connectivity index (χ1) is 11.8. The highest BCUT2D eigenvalue weighted by Gasteiger charge is 2.03. The molecule has 7 heteroatoms. The molecule has 3 rings (SSSR count). The number of nitrogens with zero attached hydrogens (tertiary/aromatic N) is 4. The SMILES string of the molecule is O=C(NCCc1ccn(-c2ccccc2)n1)NCCn1ccnc1. The molecule has 2 amide bonds. The Morgan fingerprint density at radius 2 is 1.88 bits per heavy atom. The molecular formula is C17H20N6O. The van der Waals surface area contributed by atoms with Crippen LogP contribution in [0.5, 0.6) is 0 Å². The number of carbonyl (C=O) groups is 1. The number of para-hydroxylation sites is 1. The summed E-state index contributed by atoms with van der Waals surface area (Å²) in [5.74, 6) is 0. The van der Waals surface area contributed by atoms with Crippen molar-refractivity contribution >= 4 is 6.03 Å². The quantitative estimate of drug-likeness (QED) is 0.693. The lowest BCUT2D eigenvalue weighted by atomic mass is 10.3. The van der Waals surface area contributed by atoms with Crippen molar-refractivity contribution in [2.45, 2.75) is 13.0 Å². The highest BCUT2D eigenvalue weighted by atomic mass is 16.2. The van der Waals surface area contributed by atoms with E-state index in [1.165, 1.54) is 0 Å². The van der Waals surface area contributed by atoms with Gasteiger partial charge in [-0.2, -0.15) is 5.10 Å². The van der Waals surface area contributed by atoms with Gasteiger partial charge in [-0.05, 0) is 18.2 Å². The minimum atomic E-state index is -0.169. The zero-order valence-corrected chi connectivity index (χ0v) is 13.3. The zero-order valence-electron chi connectivity index (χ0n) is 13.3. The molecule has 0 aliphatic carbocycles. The second-order valence-corrected chi connectivity index (χ2v) is 5.32. The zero-order chi connectivity index (χ0) is 16.6. The van der Waals surface area contributed by atoms with Crippen molar-refractivity contribution in [1.29, 1.82) is 0 Å². The van der Waals surface area contributed by atoms with Crippen LogP contribution in [0.2, 0.25) is 0 Å². The molecule has 0 saturated carbocycles. The van der Waals surface area contributed by atoms with Crippen LogP contribution in [0.4, 0.5) is 4.79 Å². The van der Waals surface area contributed by atoms with Gasteiger partial charge in [-0.15, -0.1) is 0 Å². The van der Waals surface area contributed by atoms with Crippen LogP contribution >= 0.6 is 0 Å². The largest absolute Gasteiger partial charge is 0.338 e. The molecule has 0 spiro atoms. The molecule has 1 aromatic carbocycles. The number of amides is 2. The first-order valence-electron chi connectivity index (χ1n) is 7.89. The first kappa shape index (κ1) is 15.8. The Hall–Kier alpha value is -3.09. The van der Waals surface area contributed by atoms with Crippen LogP contribution in [-0.4, -0.2) is 38.5 Å². The van der Waals surface area contributed by atoms with E-state index in [9.17, 15) is 4.79 Å². The number of imidazole rings is 1. The molecule has 0 unspecified atom stereocenters. The Balaban J connectivity index is 1.37. The summed E-state index contributed by atoms with van der Waals surface area (Å²) < 4.78 is 3.75. The van der Waals surface area contributed by atoms with Crippen molar-refractivity contribution in [3.63, 3.8) is 0 Å². The number of hydrogen-bond acceptors (Lipinski definition) is 3. The summed E-state index contributed by atoms with van der Waals surface area (Å²) in [6.45, 7) is 1.81. The van der Waals surface area contributed by atoms with Crippen molar-refractivity contribution in [1.82, 2.24) is 30.0 Å². The summed E-state index contributed by atoms with van der Waals surface area (Å²) in [7, 11) is 0. The van der Waals surface area contributed by atoms with Gasteiger partial charge in [-0.1, -0.05) is 18.2 Å². The number of aromatic nitrogens is 4. The molecule has 124 valence electrons. The van der Waals surface area contributed by atoms with Crippen molar-refractivity contribution < 1.29 is 4.79 Å². The lowest BCUT2D eigenvalue weighted by Gasteiger charge is -2.07. The van der Waals surface area contributed by atoms with Gasteiger partial charge in [0.15, 0.2) is 0 Å². The minimum absolute atomic E-state index is 0.169. The maximum atomic E-state index is 11.7. The van der Waals surface area contributed by atoms with E-state index in [4.69, 9.17) is 0 Å². The van der Waals surface area contributed by atoms with Gasteiger partial charge in [0.05, 0.1) is 17.7 Å². The molecule has 3 aromatic rings. The van der Waals surface area contributed by atoms with E-state index >= 15 is 0 Å². The summed E-state index contributed by atoms with van der Waals surface area (Å²) in [5, 5.41) is 10.2. The predicted molar refractivity (Wildman–Crippen MR) is 90.9 cm³/mol. The maximum Gasteiger partial charge on any atom is 0.314 e. The first-order valence-corrected chi connectivity index (χ1v) is 7.89. The average molecular weight is 324 g/mol. The van der Waals surface area contributed by atoms with Crippen LogP contribution in [0.3, 0.4) is 0 Å². The molecule has 0 saturated heterocycles. The van der Waals surface area contributed by atoms with Crippen LogP contribution < -0.4 is 10.6 Å².